The first-order valence-corrected chi connectivity index (χ1v) is 5.28. The van der Waals surface area contributed by atoms with Crippen LogP contribution < -0.4 is 5.32 Å². The maximum Gasteiger partial charge on any atom is 0.125 e. The van der Waals surface area contributed by atoms with Gasteiger partial charge in [0.1, 0.15) is 5.82 Å². The van der Waals surface area contributed by atoms with Crippen LogP contribution in [0.5, 0.6) is 0 Å². The van der Waals surface area contributed by atoms with E-state index in [-0.39, 0.29) is 0 Å². The highest BCUT2D eigenvalue weighted by Crippen LogP contribution is 2.36. The molecule has 0 spiro atoms. The summed E-state index contributed by atoms with van der Waals surface area (Å²) in [6, 6.07) is 2.44. The lowest BCUT2D eigenvalue weighted by Crippen LogP contribution is -2.30. The quantitative estimate of drug-likeness (QED) is 0.792. The minimum absolute atomic E-state index is 0.422. The van der Waals surface area contributed by atoms with Gasteiger partial charge in [-0.1, -0.05) is 6.42 Å². The van der Waals surface area contributed by atoms with Crippen LogP contribution in [0.2, 0.25) is 0 Å². The number of hydrogen-bond donors (Lipinski definition) is 1. The molecule has 1 aliphatic rings. The molecule has 0 saturated heterocycles. The molecule has 1 aromatic rings. The number of nitrogens with zero attached hydrogens (tertiary/aromatic N) is 2. The van der Waals surface area contributed by atoms with E-state index in [9.17, 15) is 0 Å². The van der Waals surface area contributed by atoms with Crippen molar-refractivity contribution < 1.29 is 0 Å². The highest BCUT2D eigenvalue weighted by molar-refractivity contribution is 5.09. The summed E-state index contributed by atoms with van der Waals surface area (Å²) in [6.07, 6.45) is 5.87. The second-order valence-electron chi connectivity index (χ2n) is 3.99. The zero-order valence-corrected chi connectivity index (χ0v) is 8.83. The van der Waals surface area contributed by atoms with Crippen molar-refractivity contribution in [2.24, 2.45) is 5.92 Å². The number of rotatable bonds is 3. The van der Waals surface area contributed by atoms with Crippen LogP contribution in [-0.4, -0.2) is 17.0 Å². The summed E-state index contributed by atoms with van der Waals surface area (Å²) in [5.74, 6) is 1.64. The molecule has 1 N–H and O–H groups in total. The van der Waals surface area contributed by atoms with E-state index < -0.39 is 0 Å². The van der Waals surface area contributed by atoms with E-state index in [2.05, 4.69) is 15.3 Å². The molecule has 14 heavy (non-hydrogen) atoms. The summed E-state index contributed by atoms with van der Waals surface area (Å²) in [5, 5.41) is 3.36. The number of hydrogen-bond acceptors (Lipinski definition) is 3. The van der Waals surface area contributed by atoms with Gasteiger partial charge in [-0.25, -0.2) is 9.97 Å². The Kier molecular flexibility index (Phi) is 2.77. The van der Waals surface area contributed by atoms with Crippen LogP contribution in [0.15, 0.2) is 12.3 Å². The van der Waals surface area contributed by atoms with Gasteiger partial charge in [-0.3, -0.25) is 0 Å². The fourth-order valence-electron chi connectivity index (χ4n) is 2.05. The van der Waals surface area contributed by atoms with Crippen molar-refractivity contribution >= 4 is 0 Å². The molecule has 76 valence electrons. The zero-order chi connectivity index (χ0) is 9.97. The van der Waals surface area contributed by atoms with Crippen molar-refractivity contribution in [3.05, 3.63) is 23.8 Å². The van der Waals surface area contributed by atoms with Crippen LogP contribution >= 0.6 is 0 Å². The average Bonchev–Trinajstić information content (AvgIpc) is 2.10. The van der Waals surface area contributed by atoms with Crippen LogP contribution in [0.25, 0.3) is 0 Å². The molecule has 0 amide bonds. The first-order chi connectivity index (χ1) is 6.81. The summed E-state index contributed by atoms with van der Waals surface area (Å²) >= 11 is 0. The molecule has 1 aromatic heterocycles. The largest absolute Gasteiger partial charge is 0.311 e. The Morgan fingerprint density at radius 2 is 2.29 bits per heavy atom. The van der Waals surface area contributed by atoms with E-state index in [1.165, 1.54) is 19.3 Å². The molecule has 3 heteroatoms. The molecule has 1 unspecified atom stereocenters. The molecule has 0 bridgehead atoms. The van der Waals surface area contributed by atoms with E-state index >= 15 is 0 Å². The van der Waals surface area contributed by atoms with E-state index in [1.807, 2.05) is 26.2 Å². The second kappa shape index (κ2) is 4.05. The van der Waals surface area contributed by atoms with Gasteiger partial charge in [0.2, 0.25) is 0 Å². The topological polar surface area (TPSA) is 37.8 Å². The van der Waals surface area contributed by atoms with Crippen LogP contribution in [0.4, 0.5) is 0 Å². The van der Waals surface area contributed by atoms with Gasteiger partial charge < -0.3 is 5.32 Å². The van der Waals surface area contributed by atoms with Crippen molar-refractivity contribution in [3.8, 4) is 0 Å². The minimum Gasteiger partial charge on any atom is -0.311 e. The van der Waals surface area contributed by atoms with Gasteiger partial charge in [0, 0.05) is 6.20 Å². The lowest BCUT2D eigenvalue weighted by molar-refractivity contribution is 0.235. The Labute approximate surface area is 85.0 Å². The minimum atomic E-state index is 0.422. The van der Waals surface area contributed by atoms with Gasteiger partial charge in [-0.05, 0) is 38.8 Å². The van der Waals surface area contributed by atoms with Crippen LogP contribution in [0, 0.1) is 12.8 Å². The number of aromatic nitrogens is 2. The molecule has 1 atom stereocenters. The fraction of sp³-hybridized carbons (Fsp3) is 0.636. The molecule has 0 aromatic carbocycles. The molecule has 1 aliphatic carbocycles. The van der Waals surface area contributed by atoms with Gasteiger partial charge in [-0.15, -0.1) is 0 Å². The van der Waals surface area contributed by atoms with Gasteiger partial charge >= 0.3 is 0 Å². The molecule has 1 fully saturated rings. The maximum absolute atomic E-state index is 4.47. The van der Waals surface area contributed by atoms with E-state index in [4.69, 9.17) is 0 Å². The monoisotopic (exact) mass is 191 g/mol. The third-order valence-corrected chi connectivity index (χ3v) is 3.05. The Hall–Kier alpha value is -0.960. The van der Waals surface area contributed by atoms with E-state index in [0.717, 1.165) is 17.4 Å². The van der Waals surface area contributed by atoms with Crippen LogP contribution in [0.3, 0.4) is 0 Å². The summed E-state index contributed by atoms with van der Waals surface area (Å²) in [4.78, 5) is 8.59. The van der Waals surface area contributed by atoms with Crippen molar-refractivity contribution in [1.82, 2.24) is 15.3 Å². The molecule has 0 radical (unpaired) electrons. The molecule has 2 rings (SSSR count). The van der Waals surface area contributed by atoms with Gasteiger partial charge in [0.05, 0.1) is 11.7 Å². The van der Waals surface area contributed by atoms with Crippen molar-refractivity contribution in [2.75, 3.05) is 7.05 Å². The Morgan fingerprint density at radius 3 is 2.79 bits per heavy atom. The zero-order valence-electron chi connectivity index (χ0n) is 8.83. The van der Waals surface area contributed by atoms with Gasteiger partial charge in [0.15, 0.2) is 0 Å². The summed E-state index contributed by atoms with van der Waals surface area (Å²) < 4.78 is 0. The first-order valence-electron chi connectivity index (χ1n) is 5.28. The van der Waals surface area contributed by atoms with Crippen molar-refractivity contribution in [2.45, 2.75) is 32.2 Å². The summed E-state index contributed by atoms with van der Waals surface area (Å²) in [6.45, 7) is 1.94. The number of nitrogens with one attached hydrogen (secondary N) is 1. The number of aryl methyl sites for hydroxylation is 1. The van der Waals surface area contributed by atoms with Gasteiger partial charge in [-0.2, -0.15) is 0 Å². The predicted molar refractivity (Wildman–Crippen MR) is 55.9 cm³/mol. The van der Waals surface area contributed by atoms with Crippen molar-refractivity contribution in [3.63, 3.8) is 0 Å². The third-order valence-electron chi connectivity index (χ3n) is 3.05. The molecular weight excluding hydrogens is 174 g/mol. The highest BCUT2D eigenvalue weighted by Gasteiger charge is 2.28. The van der Waals surface area contributed by atoms with Crippen LogP contribution in [0.1, 0.15) is 36.8 Å². The summed E-state index contributed by atoms with van der Waals surface area (Å²) in [5.41, 5.74) is 1.14. The second-order valence-corrected chi connectivity index (χ2v) is 3.99. The molecule has 1 saturated carbocycles. The smallest absolute Gasteiger partial charge is 0.125 e. The average molecular weight is 191 g/mol. The normalized spacial score (nSPS) is 19.0. The highest BCUT2D eigenvalue weighted by atomic mass is 15.0. The van der Waals surface area contributed by atoms with E-state index in [1.54, 1.807) is 0 Å². The Balaban J connectivity index is 2.17. The molecular formula is C11H17N3. The molecule has 1 heterocycles. The SMILES string of the molecule is CNC(c1ccnc(C)n1)C1CCC1. The van der Waals surface area contributed by atoms with Gasteiger partial charge in [0.25, 0.3) is 0 Å². The third kappa shape index (κ3) is 1.77. The van der Waals surface area contributed by atoms with Crippen LogP contribution in [-0.2, 0) is 0 Å². The standard InChI is InChI=1S/C11H17N3/c1-8-13-7-6-10(14-8)11(12-2)9-4-3-5-9/h6-7,9,11-12H,3-5H2,1-2H3. The lowest BCUT2D eigenvalue weighted by atomic mass is 9.78. The Bertz CT molecular complexity index is 307. The predicted octanol–water partition coefficient (Wildman–Crippen LogP) is 1.85. The fourth-order valence-corrected chi connectivity index (χ4v) is 2.05. The molecule has 0 aliphatic heterocycles. The lowest BCUT2D eigenvalue weighted by Gasteiger charge is -2.33. The van der Waals surface area contributed by atoms with E-state index in [0.29, 0.717) is 6.04 Å². The molecule has 3 nitrogen and oxygen atoms in total. The Morgan fingerprint density at radius 1 is 1.50 bits per heavy atom. The summed E-state index contributed by atoms with van der Waals surface area (Å²) in [7, 11) is 2.01. The van der Waals surface area contributed by atoms with Crippen molar-refractivity contribution in [1.29, 1.82) is 0 Å². The maximum atomic E-state index is 4.47. The first kappa shape index (κ1) is 9.59.